The minimum Gasteiger partial charge on any atom is -0.439 e. The van der Waals surface area contributed by atoms with Gasteiger partial charge in [0.25, 0.3) is 5.69 Å². The zero-order valence-corrected chi connectivity index (χ0v) is 14.5. The van der Waals surface area contributed by atoms with E-state index in [1.807, 2.05) is 49.4 Å². The summed E-state index contributed by atoms with van der Waals surface area (Å²) in [5, 5.41) is 20.1. The predicted molar refractivity (Wildman–Crippen MR) is 102 cm³/mol. The van der Waals surface area contributed by atoms with Crippen molar-refractivity contribution in [3.63, 3.8) is 0 Å². The standard InChI is InChI=1S/C21H15N3O3/c1-15-3-2-4-17(11-15)18(13-22)12-16-5-8-20(9-6-16)27-21-10-7-19(14-23-21)24(25)26/h2-12,14H,1H3/b18-12-. The molecule has 0 fully saturated rings. The van der Waals surface area contributed by atoms with Gasteiger partial charge in [0.15, 0.2) is 0 Å². The average Bonchev–Trinajstić information content (AvgIpc) is 2.68. The third-order valence-electron chi connectivity index (χ3n) is 3.79. The van der Waals surface area contributed by atoms with E-state index in [0.29, 0.717) is 11.3 Å². The van der Waals surface area contributed by atoms with E-state index in [2.05, 4.69) is 11.1 Å². The Hall–Kier alpha value is -3.98. The number of nitrogens with zero attached hydrogens (tertiary/aromatic N) is 3. The smallest absolute Gasteiger partial charge is 0.287 e. The van der Waals surface area contributed by atoms with Gasteiger partial charge in [-0.2, -0.15) is 5.26 Å². The van der Waals surface area contributed by atoms with Gasteiger partial charge in [0.05, 0.1) is 16.6 Å². The van der Waals surface area contributed by atoms with Crippen molar-refractivity contribution in [2.45, 2.75) is 6.92 Å². The van der Waals surface area contributed by atoms with Crippen LogP contribution < -0.4 is 4.74 Å². The molecular formula is C21H15N3O3. The summed E-state index contributed by atoms with van der Waals surface area (Å²) in [4.78, 5) is 14.0. The van der Waals surface area contributed by atoms with E-state index in [1.165, 1.54) is 12.1 Å². The third-order valence-corrected chi connectivity index (χ3v) is 3.79. The average molecular weight is 357 g/mol. The molecule has 6 nitrogen and oxygen atoms in total. The molecule has 0 N–H and O–H groups in total. The molecule has 0 atom stereocenters. The molecule has 0 saturated heterocycles. The molecule has 0 aliphatic carbocycles. The summed E-state index contributed by atoms with van der Waals surface area (Å²) in [6.07, 6.45) is 2.95. The van der Waals surface area contributed by atoms with Gasteiger partial charge in [0.2, 0.25) is 5.88 Å². The number of rotatable bonds is 5. The van der Waals surface area contributed by atoms with Gasteiger partial charge in [-0.1, -0.05) is 42.0 Å². The molecule has 0 aliphatic heterocycles. The Labute approximate surface area is 156 Å². The number of ether oxygens (including phenoxy) is 1. The molecule has 132 valence electrons. The Morgan fingerprint density at radius 1 is 1.19 bits per heavy atom. The highest BCUT2D eigenvalue weighted by Gasteiger charge is 2.07. The molecule has 3 aromatic rings. The highest BCUT2D eigenvalue weighted by atomic mass is 16.6. The van der Waals surface area contributed by atoms with E-state index in [-0.39, 0.29) is 11.6 Å². The molecule has 0 saturated carbocycles. The molecule has 0 spiro atoms. The van der Waals surface area contributed by atoms with Crippen LogP contribution >= 0.6 is 0 Å². The lowest BCUT2D eigenvalue weighted by atomic mass is 10.0. The van der Waals surface area contributed by atoms with Crippen molar-refractivity contribution in [1.82, 2.24) is 4.98 Å². The summed E-state index contributed by atoms with van der Waals surface area (Å²) in [6.45, 7) is 1.98. The number of pyridine rings is 1. The van der Waals surface area contributed by atoms with Crippen molar-refractivity contribution in [3.05, 3.63) is 93.7 Å². The lowest BCUT2D eigenvalue weighted by molar-refractivity contribution is -0.385. The summed E-state index contributed by atoms with van der Waals surface area (Å²) < 4.78 is 5.58. The molecule has 0 bridgehead atoms. The Morgan fingerprint density at radius 3 is 2.56 bits per heavy atom. The van der Waals surface area contributed by atoms with Crippen LogP contribution in [-0.4, -0.2) is 9.91 Å². The first-order valence-corrected chi connectivity index (χ1v) is 8.12. The molecule has 1 aromatic heterocycles. The molecule has 0 radical (unpaired) electrons. The molecule has 0 aliphatic rings. The highest BCUT2D eigenvalue weighted by molar-refractivity contribution is 5.89. The Balaban J connectivity index is 1.76. The van der Waals surface area contributed by atoms with Gasteiger partial charge in [0.1, 0.15) is 11.9 Å². The maximum atomic E-state index is 10.6. The zero-order valence-electron chi connectivity index (χ0n) is 14.5. The molecule has 27 heavy (non-hydrogen) atoms. The SMILES string of the molecule is Cc1cccc(/C(C#N)=C\c2ccc(Oc3ccc([N+](=O)[O-])cn3)cc2)c1. The molecule has 3 rings (SSSR count). The normalized spacial score (nSPS) is 10.9. The zero-order chi connectivity index (χ0) is 19.2. The maximum Gasteiger partial charge on any atom is 0.287 e. The van der Waals surface area contributed by atoms with Crippen LogP contribution in [0.25, 0.3) is 11.6 Å². The first-order chi connectivity index (χ1) is 13.0. The number of aromatic nitrogens is 1. The predicted octanol–water partition coefficient (Wildman–Crippen LogP) is 5.15. The monoisotopic (exact) mass is 357 g/mol. The number of nitro groups is 1. The van der Waals surface area contributed by atoms with E-state index in [4.69, 9.17) is 4.74 Å². The van der Waals surface area contributed by atoms with Crippen molar-refractivity contribution in [1.29, 1.82) is 5.26 Å². The van der Waals surface area contributed by atoms with Gasteiger partial charge in [0, 0.05) is 12.1 Å². The van der Waals surface area contributed by atoms with Crippen LogP contribution in [0.2, 0.25) is 0 Å². The van der Waals surface area contributed by atoms with Gasteiger partial charge in [-0.25, -0.2) is 4.98 Å². The van der Waals surface area contributed by atoms with Crippen molar-refractivity contribution in [3.8, 4) is 17.7 Å². The fraction of sp³-hybridized carbons (Fsp3) is 0.0476. The number of aryl methyl sites for hydroxylation is 1. The number of hydrogen-bond acceptors (Lipinski definition) is 5. The highest BCUT2D eigenvalue weighted by Crippen LogP contribution is 2.24. The van der Waals surface area contributed by atoms with E-state index in [0.717, 1.165) is 22.9 Å². The lowest BCUT2D eigenvalue weighted by Gasteiger charge is -2.05. The molecular weight excluding hydrogens is 342 g/mol. The van der Waals surface area contributed by atoms with Gasteiger partial charge in [-0.05, 0) is 36.3 Å². The largest absolute Gasteiger partial charge is 0.439 e. The summed E-state index contributed by atoms with van der Waals surface area (Å²) in [6, 6.07) is 19.9. The van der Waals surface area contributed by atoms with Crippen molar-refractivity contribution < 1.29 is 9.66 Å². The van der Waals surface area contributed by atoms with Crippen molar-refractivity contribution >= 4 is 17.3 Å². The molecule has 0 amide bonds. The van der Waals surface area contributed by atoms with Crippen LogP contribution in [-0.2, 0) is 0 Å². The minimum atomic E-state index is -0.515. The fourth-order valence-corrected chi connectivity index (χ4v) is 2.45. The van der Waals surface area contributed by atoms with Crippen LogP contribution in [0.3, 0.4) is 0 Å². The second-order valence-corrected chi connectivity index (χ2v) is 5.82. The topological polar surface area (TPSA) is 89.0 Å². The summed E-state index contributed by atoms with van der Waals surface area (Å²) in [5.74, 6) is 0.809. The summed E-state index contributed by atoms with van der Waals surface area (Å²) in [5.41, 5.74) is 3.30. The van der Waals surface area contributed by atoms with Gasteiger partial charge in [-0.3, -0.25) is 10.1 Å². The van der Waals surface area contributed by atoms with E-state index >= 15 is 0 Å². The van der Waals surface area contributed by atoms with Crippen LogP contribution in [0.15, 0.2) is 66.9 Å². The molecule has 0 unspecified atom stereocenters. The van der Waals surface area contributed by atoms with Gasteiger partial charge < -0.3 is 4.74 Å². The van der Waals surface area contributed by atoms with Crippen LogP contribution in [0, 0.1) is 28.4 Å². The van der Waals surface area contributed by atoms with E-state index in [1.54, 1.807) is 12.1 Å². The van der Waals surface area contributed by atoms with Crippen LogP contribution in [0.5, 0.6) is 11.6 Å². The van der Waals surface area contributed by atoms with Gasteiger partial charge >= 0.3 is 0 Å². The molecule has 2 aromatic carbocycles. The fourth-order valence-electron chi connectivity index (χ4n) is 2.45. The number of allylic oxidation sites excluding steroid dienone is 1. The molecule has 1 heterocycles. The lowest BCUT2D eigenvalue weighted by Crippen LogP contribution is -1.91. The first-order valence-electron chi connectivity index (χ1n) is 8.12. The molecule has 6 heteroatoms. The number of hydrogen-bond donors (Lipinski definition) is 0. The Bertz CT molecular complexity index is 1030. The van der Waals surface area contributed by atoms with E-state index in [9.17, 15) is 15.4 Å². The van der Waals surface area contributed by atoms with Crippen LogP contribution in [0.1, 0.15) is 16.7 Å². The quantitative estimate of drug-likeness (QED) is 0.272. The summed E-state index contributed by atoms with van der Waals surface area (Å²) in [7, 11) is 0. The number of nitriles is 1. The van der Waals surface area contributed by atoms with E-state index < -0.39 is 4.92 Å². The summed E-state index contributed by atoms with van der Waals surface area (Å²) >= 11 is 0. The van der Waals surface area contributed by atoms with Gasteiger partial charge in [-0.15, -0.1) is 0 Å². The van der Waals surface area contributed by atoms with Crippen molar-refractivity contribution in [2.75, 3.05) is 0 Å². The Morgan fingerprint density at radius 2 is 1.96 bits per heavy atom. The second kappa shape index (κ2) is 7.93. The number of benzene rings is 2. The second-order valence-electron chi connectivity index (χ2n) is 5.82. The third kappa shape index (κ3) is 4.55. The van der Waals surface area contributed by atoms with Crippen molar-refractivity contribution in [2.24, 2.45) is 0 Å². The van der Waals surface area contributed by atoms with Crippen LogP contribution in [0.4, 0.5) is 5.69 Å². The first kappa shape index (κ1) is 17.8. The maximum absolute atomic E-state index is 10.6. The Kier molecular flexibility index (Phi) is 5.24. The minimum absolute atomic E-state index is 0.0944.